The van der Waals surface area contributed by atoms with Crippen molar-refractivity contribution >= 4 is 42.2 Å². The molecule has 0 unspecified atom stereocenters. The fourth-order valence-corrected chi connectivity index (χ4v) is 1.91. The minimum atomic E-state index is -0.264. The van der Waals surface area contributed by atoms with Crippen molar-refractivity contribution in [2.75, 3.05) is 5.43 Å². The van der Waals surface area contributed by atoms with Gasteiger partial charge in [-0.25, -0.2) is 4.39 Å². The lowest BCUT2D eigenvalue weighted by Gasteiger charge is -2.02. The Morgan fingerprint density at radius 2 is 1.61 bits per heavy atom. The summed E-state index contributed by atoms with van der Waals surface area (Å²) in [6, 6.07) is 13.8. The van der Waals surface area contributed by atoms with Crippen LogP contribution in [0.25, 0.3) is 0 Å². The molecule has 0 aromatic heterocycles. The van der Waals surface area contributed by atoms with Crippen molar-refractivity contribution in [1.82, 2.24) is 0 Å². The number of nitrogens with zero attached hydrogens (tertiary/aromatic N) is 1. The number of benzene rings is 2. The van der Waals surface area contributed by atoms with Gasteiger partial charge in [0.15, 0.2) is 0 Å². The van der Waals surface area contributed by atoms with Crippen LogP contribution < -0.4 is 5.43 Å². The number of hydrazone groups is 1. The summed E-state index contributed by atoms with van der Waals surface area (Å²) in [5.41, 5.74) is 4.59. The molecule has 2 aromatic carbocycles. The molecule has 0 saturated heterocycles. The summed E-state index contributed by atoms with van der Waals surface area (Å²) < 4.78 is 14.4. The highest BCUT2D eigenvalue weighted by atomic mass is 79.9. The number of nitrogens with one attached hydrogen (secondary N) is 1. The maximum absolute atomic E-state index is 12.8. The molecule has 0 aliphatic heterocycles. The Bertz CT molecular complexity index is 550. The molecule has 0 spiro atoms. The molecule has 0 aliphatic carbocycles. The summed E-state index contributed by atoms with van der Waals surface area (Å²) in [4.78, 5) is 0. The molecule has 2 rings (SSSR count). The van der Waals surface area contributed by atoms with Gasteiger partial charge < -0.3 is 0 Å². The smallest absolute Gasteiger partial charge is 0.133 e. The van der Waals surface area contributed by atoms with E-state index in [-0.39, 0.29) is 5.82 Å². The Morgan fingerprint density at radius 3 is 2.22 bits per heavy atom. The minimum Gasteiger partial charge on any atom is -0.277 e. The third kappa shape index (κ3) is 3.65. The third-order valence-corrected chi connectivity index (χ3v) is 3.37. The Morgan fingerprint density at radius 1 is 1.00 bits per heavy atom. The van der Waals surface area contributed by atoms with Gasteiger partial charge in [0.1, 0.15) is 10.4 Å². The first-order valence-corrected chi connectivity index (χ1v) is 6.74. The van der Waals surface area contributed by atoms with E-state index in [0.29, 0.717) is 4.62 Å². The van der Waals surface area contributed by atoms with Gasteiger partial charge in [-0.2, -0.15) is 5.10 Å². The Hall–Kier alpha value is -1.20. The predicted octanol–water partition coefficient (Wildman–Crippen LogP) is 4.76. The van der Waals surface area contributed by atoms with Gasteiger partial charge in [-0.3, -0.25) is 5.43 Å². The van der Waals surface area contributed by atoms with Crippen molar-refractivity contribution in [2.24, 2.45) is 5.10 Å². The first-order valence-electron chi connectivity index (χ1n) is 5.16. The highest BCUT2D eigenvalue weighted by Crippen LogP contribution is 2.15. The predicted molar refractivity (Wildman–Crippen MR) is 79.6 cm³/mol. The number of anilines is 1. The third-order valence-electron chi connectivity index (χ3n) is 2.21. The lowest BCUT2D eigenvalue weighted by molar-refractivity contribution is 0.628. The van der Waals surface area contributed by atoms with E-state index in [1.54, 1.807) is 12.1 Å². The summed E-state index contributed by atoms with van der Waals surface area (Å²) >= 11 is 6.70. The van der Waals surface area contributed by atoms with Gasteiger partial charge in [0.25, 0.3) is 0 Å². The Labute approximate surface area is 121 Å². The van der Waals surface area contributed by atoms with Crippen LogP contribution in [0.15, 0.2) is 58.1 Å². The molecule has 0 atom stereocenters. The number of halogens is 3. The van der Waals surface area contributed by atoms with E-state index in [9.17, 15) is 4.39 Å². The van der Waals surface area contributed by atoms with Crippen molar-refractivity contribution in [3.8, 4) is 0 Å². The second-order valence-corrected chi connectivity index (χ2v) is 5.20. The monoisotopic (exact) mass is 370 g/mol. The average molecular weight is 372 g/mol. The van der Waals surface area contributed by atoms with E-state index in [2.05, 4.69) is 42.4 Å². The van der Waals surface area contributed by atoms with E-state index in [1.165, 1.54) is 12.1 Å². The van der Waals surface area contributed by atoms with E-state index >= 15 is 0 Å². The molecule has 18 heavy (non-hydrogen) atoms. The average Bonchev–Trinajstić information content (AvgIpc) is 2.38. The summed E-state index contributed by atoms with van der Waals surface area (Å²) in [6.07, 6.45) is 0. The zero-order chi connectivity index (χ0) is 13.0. The van der Waals surface area contributed by atoms with Gasteiger partial charge in [0, 0.05) is 10.0 Å². The van der Waals surface area contributed by atoms with Gasteiger partial charge in [-0.15, -0.1) is 0 Å². The SMILES string of the molecule is Fc1ccc(/C(Br)=N/Nc2ccc(Br)cc2)cc1. The molecule has 2 aromatic rings. The molecule has 0 fully saturated rings. The molecule has 0 bridgehead atoms. The quantitative estimate of drug-likeness (QED) is 0.610. The molecular weight excluding hydrogens is 363 g/mol. The van der Waals surface area contributed by atoms with E-state index in [1.807, 2.05) is 24.3 Å². The van der Waals surface area contributed by atoms with Gasteiger partial charge in [0.2, 0.25) is 0 Å². The molecule has 5 heteroatoms. The van der Waals surface area contributed by atoms with Crippen molar-refractivity contribution < 1.29 is 4.39 Å². The maximum atomic E-state index is 12.8. The standard InChI is InChI=1S/C13H9Br2FN2/c14-10-3-7-12(8-4-10)17-18-13(15)9-1-5-11(16)6-2-9/h1-8,17H/b18-13-. The van der Waals surface area contributed by atoms with Crippen LogP contribution in [-0.4, -0.2) is 4.62 Å². The van der Waals surface area contributed by atoms with Crippen LogP contribution in [0.2, 0.25) is 0 Å². The van der Waals surface area contributed by atoms with Crippen molar-refractivity contribution in [2.45, 2.75) is 0 Å². The van der Waals surface area contributed by atoms with Crippen LogP contribution in [-0.2, 0) is 0 Å². The fourth-order valence-electron chi connectivity index (χ4n) is 1.29. The highest BCUT2D eigenvalue weighted by molar-refractivity contribution is 9.18. The molecule has 0 heterocycles. The summed E-state index contributed by atoms with van der Waals surface area (Å²) in [5.74, 6) is -0.264. The summed E-state index contributed by atoms with van der Waals surface area (Å²) in [5, 5.41) is 4.17. The lowest BCUT2D eigenvalue weighted by atomic mass is 10.2. The number of hydrogen-bond donors (Lipinski definition) is 1. The highest BCUT2D eigenvalue weighted by Gasteiger charge is 1.99. The molecule has 92 valence electrons. The topological polar surface area (TPSA) is 24.4 Å². The van der Waals surface area contributed by atoms with Gasteiger partial charge in [0.05, 0.1) is 5.69 Å². The second-order valence-electron chi connectivity index (χ2n) is 3.53. The van der Waals surface area contributed by atoms with Crippen molar-refractivity contribution in [3.05, 3.63) is 64.4 Å². The zero-order valence-corrected chi connectivity index (χ0v) is 12.4. The van der Waals surface area contributed by atoms with Gasteiger partial charge >= 0.3 is 0 Å². The molecule has 0 amide bonds. The van der Waals surface area contributed by atoms with E-state index < -0.39 is 0 Å². The first-order chi connectivity index (χ1) is 8.65. The minimum absolute atomic E-state index is 0.264. The molecule has 0 saturated carbocycles. The van der Waals surface area contributed by atoms with Crippen LogP contribution >= 0.6 is 31.9 Å². The lowest BCUT2D eigenvalue weighted by Crippen LogP contribution is -1.96. The second kappa shape index (κ2) is 6.11. The molecular formula is C13H9Br2FN2. The zero-order valence-electron chi connectivity index (χ0n) is 9.20. The number of hydrogen-bond acceptors (Lipinski definition) is 2. The van der Waals surface area contributed by atoms with Crippen LogP contribution in [0.4, 0.5) is 10.1 Å². The van der Waals surface area contributed by atoms with Crippen LogP contribution in [0, 0.1) is 5.82 Å². The van der Waals surface area contributed by atoms with E-state index in [0.717, 1.165) is 15.7 Å². The normalized spacial score (nSPS) is 11.4. The Balaban J connectivity index is 2.09. The van der Waals surface area contributed by atoms with E-state index in [4.69, 9.17) is 0 Å². The van der Waals surface area contributed by atoms with Gasteiger partial charge in [-0.05, 0) is 64.5 Å². The maximum Gasteiger partial charge on any atom is 0.133 e. The van der Waals surface area contributed by atoms with Crippen molar-refractivity contribution in [3.63, 3.8) is 0 Å². The van der Waals surface area contributed by atoms with Crippen molar-refractivity contribution in [1.29, 1.82) is 0 Å². The fraction of sp³-hybridized carbons (Fsp3) is 0. The van der Waals surface area contributed by atoms with Crippen LogP contribution in [0.5, 0.6) is 0 Å². The molecule has 0 aliphatic rings. The largest absolute Gasteiger partial charge is 0.277 e. The molecule has 1 N–H and O–H groups in total. The van der Waals surface area contributed by atoms with Crippen LogP contribution in [0.3, 0.4) is 0 Å². The summed E-state index contributed by atoms with van der Waals surface area (Å²) in [7, 11) is 0. The number of rotatable bonds is 3. The molecule has 0 radical (unpaired) electrons. The Kier molecular flexibility index (Phi) is 4.49. The summed E-state index contributed by atoms with van der Waals surface area (Å²) in [6.45, 7) is 0. The molecule has 2 nitrogen and oxygen atoms in total. The van der Waals surface area contributed by atoms with Crippen LogP contribution in [0.1, 0.15) is 5.56 Å². The first kappa shape index (κ1) is 13.2. The van der Waals surface area contributed by atoms with Gasteiger partial charge in [-0.1, -0.05) is 15.9 Å².